The molecule has 21 heavy (non-hydrogen) atoms. The van der Waals surface area contributed by atoms with Crippen LogP contribution in [0.5, 0.6) is 0 Å². The maximum atomic E-state index is 12.1. The predicted octanol–water partition coefficient (Wildman–Crippen LogP) is 1.49. The van der Waals surface area contributed by atoms with E-state index in [0.717, 1.165) is 0 Å². The molecule has 0 radical (unpaired) electrons. The van der Waals surface area contributed by atoms with E-state index in [4.69, 9.17) is 0 Å². The van der Waals surface area contributed by atoms with Crippen LogP contribution >= 0.6 is 0 Å². The summed E-state index contributed by atoms with van der Waals surface area (Å²) in [6.07, 6.45) is 1.79. The Labute approximate surface area is 123 Å². The van der Waals surface area contributed by atoms with Crippen LogP contribution in [0.3, 0.4) is 0 Å². The van der Waals surface area contributed by atoms with Gasteiger partial charge in [0.05, 0.1) is 7.11 Å². The van der Waals surface area contributed by atoms with Crippen LogP contribution in [0.4, 0.5) is 5.69 Å². The minimum Gasteiger partial charge on any atom is -0.467 e. The third-order valence-corrected chi connectivity index (χ3v) is 2.64. The van der Waals surface area contributed by atoms with Gasteiger partial charge in [0.1, 0.15) is 6.04 Å². The summed E-state index contributed by atoms with van der Waals surface area (Å²) in [7, 11) is 1.25. The second-order valence-electron chi connectivity index (χ2n) is 4.34. The Morgan fingerprint density at radius 2 is 2.10 bits per heavy atom. The number of ether oxygens (including phenoxy) is 1. The Hall–Kier alpha value is -2.63. The number of nitrogens with one attached hydrogen (secondary N) is 2. The number of esters is 1. The van der Waals surface area contributed by atoms with Crippen LogP contribution in [0.15, 0.2) is 36.9 Å². The number of methoxy groups -OCH3 is 1. The van der Waals surface area contributed by atoms with E-state index in [-0.39, 0.29) is 12.3 Å². The third kappa shape index (κ3) is 5.10. The number of amides is 2. The number of hydrogen-bond acceptors (Lipinski definition) is 4. The SMILES string of the molecule is C=CC[C@@H](NC(=O)c1cccc(NC(C)=O)c1)C(=O)OC. The lowest BCUT2D eigenvalue weighted by Crippen LogP contribution is -2.41. The molecule has 1 rings (SSSR count). The van der Waals surface area contributed by atoms with Gasteiger partial charge in [-0.25, -0.2) is 4.79 Å². The minimum atomic E-state index is -0.788. The quantitative estimate of drug-likeness (QED) is 0.614. The highest BCUT2D eigenvalue weighted by atomic mass is 16.5. The Kier molecular flexibility index (Phi) is 6.13. The van der Waals surface area contributed by atoms with Gasteiger partial charge in [0.25, 0.3) is 5.91 Å². The van der Waals surface area contributed by atoms with E-state index in [1.807, 2.05) is 0 Å². The Balaban J connectivity index is 2.84. The van der Waals surface area contributed by atoms with E-state index in [1.165, 1.54) is 26.2 Å². The van der Waals surface area contributed by atoms with Crippen molar-refractivity contribution < 1.29 is 19.1 Å². The zero-order valence-corrected chi connectivity index (χ0v) is 12.0. The first-order valence-electron chi connectivity index (χ1n) is 6.35. The summed E-state index contributed by atoms with van der Waals surface area (Å²) in [6, 6.07) is 5.63. The molecule has 0 saturated carbocycles. The first-order chi connectivity index (χ1) is 9.97. The van der Waals surface area contributed by atoms with Crippen LogP contribution in [-0.2, 0) is 14.3 Å². The highest BCUT2D eigenvalue weighted by Gasteiger charge is 2.20. The van der Waals surface area contributed by atoms with E-state index in [2.05, 4.69) is 21.9 Å². The summed E-state index contributed by atoms with van der Waals surface area (Å²) in [5, 5.41) is 5.15. The fourth-order valence-corrected chi connectivity index (χ4v) is 1.71. The van der Waals surface area contributed by atoms with Crippen molar-refractivity contribution >= 4 is 23.5 Å². The fourth-order valence-electron chi connectivity index (χ4n) is 1.71. The van der Waals surface area contributed by atoms with Gasteiger partial charge in [-0.1, -0.05) is 12.1 Å². The predicted molar refractivity (Wildman–Crippen MR) is 78.8 cm³/mol. The Bertz CT molecular complexity index is 554. The molecule has 0 aliphatic carbocycles. The van der Waals surface area contributed by atoms with E-state index in [9.17, 15) is 14.4 Å². The standard InChI is InChI=1S/C15H18N2O4/c1-4-6-13(15(20)21-3)17-14(19)11-7-5-8-12(9-11)16-10(2)18/h4-5,7-9,13H,1,6H2,2-3H3,(H,16,18)(H,17,19)/t13-/m1/s1. The molecule has 0 saturated heterocycles. The summed E-state index contributed by atoms with van der Waals surface area (Å²) in [5.74, 6) is -1.20. The topological polar surface area (TPSA) is 84.5 Å². The van der Waals surface area contributed by atoms with Crippen molar-refractivity contribution in [2.45, 2.75) is 19.4 Å². The molecule has 2 N–H and O–H groups in total. The molecule has 112 valence electrons. The van der Waals surface area contributed by atoms with Crippen LogP contribution in [0.2, 0.25) is 0 Å². The molecule has 1 aromatic rings. The second kappa shape index (κ2) is 7.84. The van der Waals surface area contributed by atoms with E-state index < -0.39 is 17.9 Å². The van der Waals surface area contributed by atoms with Crippen LogP contribution in [0, 0.1) is 0 Å². The van der Waals surface area contributed by atoms with Crippen molar-refractivity contribution in [3.63, 3.8) is 0 Å². The number of carbonyl (C=O) groups is 3. The molecule has 0 aliphatic rings. The number of hydrogen-bond donors (Lipinski definition) is 2. The molecule has 0 unspecified atom stereocenters. The summed E-state index contributed by atoms with van der Waals surface area (Å²) in [4.78, 5) is 34.7. The van der Waals surface area contributed by atoms with Crippen LogP contribution in [0.25, 0.3) is 0 Å². The summed E-state index contributed by atoms with van der Waals surface area (Å²) in [5.41, 5.74) is 0.840. The lowest BCUT2D eigenvalue weighted by molar-refractivity contribution is -0.142. The highest BCUT2D eigenvalue weighted by Crippen LogP contribution is 2.11. The molecule has 0 bridgehead atoms. The molecule has 6 nitrogen and oxygen atoms in total. The monoisotopic (exact) mass is 290 g/mol. The van der Waals surface area contributed by atoms with Crippen LogP contribution in [-0.4, -0.2) is 30.9 Å². The molecule has 1 aromatic carbocycles. The van der Waals surface area contributed by atoms with Gasteiger partial charge < -0.3 is 15.4 Å². The van der Waals surface area contributed by atoms with Gasteiger partial charge in [0.2, 0.25) is 5.91 Å². The maximum Gasteiger partial charge on any atom is 0.328 e. The summed E-state index contributed by atoms with van der Waals surface area (Å²) >= 11 is 0. The Morgan fingerprint density at radius 3 is 2.67 bits per heavy atom. The lowest BCUT2D eigenvalue weighted by Gasteiger charge is -2.15. The zero-order chi connectivity index (χ0) is 15.8. The molecular weight excluding hydrogens is 272 g/mol. The Morgan fingerprint density at radius 1 is 1.38 bits per heavy atom. The van der Waals surface area contributed by atoms with Crippen molar-refractivity contribution in [3.05, 3.63) is 42.5 Å². The fraction of sp³-hybridized carbons (Fsp3) is 0.267. The second-order valence-corrected chi connectivity index (χ2v) is 4.34. The molecule has 0 aliphatic heterocycles. The van der Waals surface area contributed by atoms with E-state index in [1.54, 1.807) is 18.2 Å². The molecule has 6 heteroatoms. The molecule has 0 fully saturated rings. The minimum absolute atomic E-state index is 0.230. The van der Waals surface area contributed by atoms with Gasteiger partial charge in [-0.05, 0) is 24.6 Å². The van der Waals surface area contributed by atoms with Gasteiger partial charge in [0.15, 0.2) is 0 Å². The van der Waals surface area contributed by atoms with Gasteiger partial charge in [-0.3, -0.25) is 9.59 Å². The number of benzene rings is 1. The average Bonchev–Trinajstić information content (AvgIpc) is 2.45. The van der Waals surface area contributed by atoms with Crippen molar-refractivity contribution in [2.75, 3.05) is 12.4 Å². The molecule has 0 aromatic heterocycles. The molecule has 1 atom stereocenters. The number of carbonyl (C=O) groups excluding carboxylic acids is 3. The maximum absolute atomic E-state index is 12.1. The van der Waals surface area contributed by atoms with Crippen molar-refractivity contribution in [1.82, 2.24) is 5.32 Å². The zero-order valence-electron chi connectivity index (χ0n) is 12.0. The molecule has 2 amide bonds. The third-order valence-electron chi connectivity index (χ3n) is 2.64. The molecule has 0 spiro atoms. The van der Waals surface area contributed by atoms with Crippen molar-refractivity contribution in [2.24, 2.45) is 0 Å². The normalized spacial score (nSPS) is 11.1. The molecule has 0 heterocycles. The smallest absolute Gasteiger partial charge is 0.328 e. The largest absolute Gasteiger partial charge is 0.467 e. The average molecular weight is 290 g/mol. The lowest BCUT2D eigenvalue weighted by atomic mass is 10.1. The first kappa shape index (κ1) is 16.4. The van der Waals surface area contributed by atoms with Gasteiger partial charge >= 0.3 is 5.97 Å². The van der Waals surface area contributed by atoms with Gasteiger partial charge in [-0.2, -0.15) is 0 Å². The highest BCUT2D eigenvalue weighted by molar-refractivity contribution is 5.98. The van der Waals surface area contributed by atoms with E-state index >= 15 is 0 Å². The van der Waals surface area contributed by atoms with Crippen LogP contribution < -0.4 is 10.6 Å². The number of rotatable bonds is 6. The first-order valence-corrected chi connectivity index (χ1v) is 6.35. The van der Waals surface area contributed by atoms with Gasteiger partial charge in [-0.15, -0.1) is 6.58 Å². The van der Waals surface area contributed by atoms with Gasteiger partial charge in [0, 0.05) is 18.2 Å². The van der Waals surface area contributed by atoms with Crippen molar-refractivity contribution in [3.8, 4) is 0 Å². The summed E-state index contributed by atoms with van der Waals surface area (Å²) in [6.45, 7) is 4.92. The van der Waals surface area contributed by atoms with Crippen LogP contribution in [0.1, 0.15) is 23.7 Å². The van der Waals surface area contributed by atoms with Crippen molar-refractivity contribution in [1.29, 1.82) is 0 Å². The summed E-state index contributed by atoms with van der Waals surface area (Å²) < 4.78 is 4.62. The number of anilines is 1. The van der Waals surface area contributed by atoms with E-state index in [0.29, 0.717) is 11.3 Å². The molecular formula is C15H18N2O4.